The van der Waals surface area contributed by atoms with Gasteiger partial charge >= 0.3 is 5.97 Å². The van der Waals surface area contributed by atoms with Gasteiger partial charge < -0.3 is 19.5 Å². The average Bonchev–Trinajstić information content (AvgIpc) is 3.20. The number of hydrogen-bond donors (Lipinski definition) is 1. The lowest BCUT2D eigenvalue weighted by Gasteiger charge is -2.32. The quantitative estimate of drug-likeness (QED) is 0.378. The first-order valence-corrected chi connectivity index (χ1v) is 13.1. The number of ether oxygens (including phenoxy) is 3. The minimum Gasteiger partial charge on any atom is -0.491 e. The van der Waals surface area contributed by atoms with Gasteiger partial charge in [0.15, 0.2) is 5.13 Å². The number of methoxy groups -OCH3 is 1. The van der Waals surface area contributed by atoms with Crippen molar-refractivity contribution >= 4 is 32.7 Å². The highest BCUT2D eigenvalue weighted by Gasteiger charge is 2.21. The van der Waals surface area contributed by atoms with Gasteiger partial charge in [-0.05, 0) is 76.4 Å². The summed E-state index contributed by atoms with van der Waals surface area (Å²) in [4.78, 5) is 19.0. The molecular weight excluding hydrogens is 462 g/mol. The van der Waals surface area contributed by atoms with E-state index >= 15 is 0 Å². The third-order valence-corrected chi connectivity index (χ3v) is 6.78. The molecule has 7 nitrogen and oxygen atoms in total. The number of fused-ring (bicyclic) bond motifs is 1. The van der Waals surface area contributed by atoms with Gasteiger partial charge in [0.25, 0.3) is 0 Å². The molecule has 0 radical (unpaired) electrons. The molecule has 4 rings (SSSR count). The van der Waals surface area contributed by atoms with Crippen molar-refractivity contribution in [2.24, 2.45) is 0 Å². The Morgan fingerprint density at radius 2 is 1.71 bits per heavy atom. The van der Waals surface area contributed by atoms with E-state index in [2.05, 4.69) is 22.3 Å². The van der Waals surface area contributed by atoms with Gasteiger partial charge in [-0.3, -0.25) is 4.90 Å². The molecule has 0 saturated carbocycles. The fraction of sp³-hybridized carbons (Fsp3) is 0.481. The molecule has 8 heteroatoms. The number of nitrogens with one attached hydrogen (secondary N) is 1. The summed E-state index contributed by atoms with van der Waals surface area (Å²) in [5.74, 6) is 1.37. The second-order valence-electron chi connectivity index (χ2n) is 9.53. The average molecular weight is 498 g/mol. The Balaban J connectivity index is 1.35. The predicted molar refractivity (Wildman–Crippen MR) is 141 cm³/mol. The summed E-state index contributed by atoms with van der Waals surface area (Å²) in [5.41, 5.74) is 2.55. The maximum Gasteiger partial charge on any atom is 0.337 e. The molecule has 0 atom stereocenters. The first-order valence-electron chi connectivity index (χ1n) is 12.2. The lowest BCUT2D eigenvalue weighted by atomic mass is 10.0. The SMILES string of the molecule is COC(=O)c1ccc2sc(NC3CCN(Cc4cc(OC(C)C)cc(OC(C)C)c4)CC3)nc2c1. The smallest absolute Gasteiger partial charge is 0.337 e. The Hall–Kier alpha value is -2.84. The highest BCUT2D eigenvalue weighted by molar-refractivity contribution is 7.22. The summed E-state index contributed by atoms with van der Waals surface area (Å²) in [5, 5.41) is 4.50. The predicted octanol–water partition coefficient (Wildman–Crippen LogP) is 5.73. The molecule has 35 heavy (non-hydrogen) atoms. The number of esters is 1. The van der Waals surface area contributed by atoms with Gasteiger partial charge in [-0.15, -0.1) is 0 Å². The van der Waals surface area contributed by atoms with E-state index in [1.807, 2.05) is 39.8 Å². The van der Waals surface area contributed by atoms with Crippen LogP contribution >= 0.6 is 11.3 Å². The van der Waals surface area contributed by atoms with Crippen LogP contribution in [0.4, 0.5) is 5.13 Å². The van der Waals surface area contributed by atoms with Gasteiger partial charge in [-0.2, -0.15) is 0 Å². The molecule has 1 aliphatic rings. The first-order chi connectivity index (χ1) is 16.8. The van der Waals surface area contributed by atoms with Crippen LogP contribution in [-0.4, -0.2) is 54.3 Å². The number of hydrogen-bond acceptors (Lipinski definition) is 8. The van der Waals surface area contributed by atoms with E-state index in [0.29, 0.717) is 11.6 Å². The lowest BCUT2D eigenvalue weighted by Crippen LogP contribution is -2.38. The Morgan fingerprint density at radius 3 is 2.31 bits per heavy atom. The van der Waals surface area contributed by atoms with Crippen LogP contribution in [0, 0.1) is 0 Å². The maximum atomic E-state index is 11.8. The van der Waals surface area contributed by atoms with Crippen molar-refractivity contribution < 1.29 is 19.0 Å². The third kappa shape index (κ3) is 6.86. The van der Waals surface area contributed by atoms with Crippen LogP contribution in [-0.2, 0) is 11.3 Å². The fourth-order valence-corrected chi connectivity index (χ4v) is 5.23. The van der Waals surface area contributed by atoms with E-state index in [0.717, 1.165) is 59.3 Å². The number of rotatable bonds is 9. The zero-order valence-corrected chi connectivity index (χ0v) is 22.0. The number of carbonyl (C=O) groups is 1. The Morgan fingerprint density at radius 1 is 1.06 bits per heavy atom. The molecule has 1 aliphatic heterocycles. The normalized spacial score (nSPS) is 15.1. The van der Waals surface area contributed by atoms with E-state index in [-0.39, 0.29) is 18.2 Å². The minimum absolute atomic E-state index is 0.119. The second kappa shape index (κ2) is 11.3. The molecule has 1 fully saturated rings. The standard InChI is InChI=1S/C27H35N3O4S/c1-17(2)33-22-12-19(13-23(15-22)34-18(3)4)16-30-10-8-21(9-11-30)28-27-29-24-14-20(26(31)32-5)6-7-25(24)35-27/h6-7,12-15,17-18,21H,8-11,16H2,1-5H3,(H,28,29). The van der Waals surface area contributed by atoms with Crippen molar-refractivity contribution in [1.29, 1.82) is 0 Å². The summed E-state index contributed by atoms with van der Waals surface area (Å²) in [6, 6.07) is 12.1. The van der Waals surface area contributed by atoms with Gasteiger partial charge in [0.1, 0.15) is 11.5 Å². The van der Waals surface area contributed by atoms with Crippen LogP contribution in [0.15, 0.2) is 36.4 Å². The van der Waals surface area contributed by atoms with Gasteiger partial charge in [-0.1, -0.05) is 11.3 Å². The van der Waals surface area contributed by atoms with Gasteiger partial charge in [0.2, 0.25) is 0 Å². The molecular formula is C27H35N3O4S. The van der Waals surface area contributed by atoms with Crippen molar-refractivity contribution in [3.05, 3.63) is 47.5 Å². The molecule has 0 amide bonds. The summed E-state index contributed by atoms with van der Waals surface area (Å²) in [6.07, 6.45) is 2.32. The van der Waals surface area contributed by atoms with E-state index in [1.54, 1.807) is 23.5 Å². The van der Waals surface area contributed by atoms with E-state index in [1.165, 1.54) is 12.7 Å². The Bertz CT molecular complexity index is 1120. The van der Waals surface area contributed by atoms with E-state index < -0.39 is 0 Å². The van der Waals surface area contributed by atoms with Crippen molar-refractivity contribution in [3.63, 3.8) is 0 Å². The molecule has 0 unspecified atom stereocenters. The Kier molecular flexibility index (Phi) is 8.13. The molecule has 2 heterocycles. The number of nitrogens with zero attached hydrogens (tertiary/aromatic N) is 2. The summed E-state index contributed by atoms with van der Waals surface area (Å²) in [7, 11) is 1.39. The van der Waals surface area contributed by atoms with Gasteiger partial charge in [0.05, 0.1) is 35.1 Å². The number of carbonyl (C=O) groups excluding carboxylic acids is 1. The van der Waals surface area contributed by atoms with E-state index in [9.17, 15) is 4.79 Å². The van der Waals surface area contributed by atoms with Crippen LogP contribution in [0.2, 0.25) is 0 Å². The summed E-state index contributed by atoms with van der Waals surface area (Å²) in [6.45, 7) is 11.0. The van der Waals surface area contributed by atoms with Crippen LogP contribution in [0.1, 0.15) is 56.5 Å². The molecule has 1 aromatic heterocycles. The van der Waals surface area contributed by atoms with Crippen LogP contribution < -0.4 is 14.8 Å². The topological polar surface area (TPSA) is 72.9 Å². The lowest BCUT2D eigenvalue weighted by molar-refractivity contribution is 0.0601. The summed E-state index contributed by atoms with van der Waals surface area (Å²) < 4.78 is 17.8. The second-order valence-corrected chi connectivity index (χ2v) is 10.6. The number of likely N-dealkylation sites (tertiary alicyclic amines) is 1. The first kappa shape index (κ1) is 25.3. The molecule has 2 aromatic carbocycles. The zero-order valence-electron chi connectivity index (χ0n) is 21.2. The molecule has 3 aromatic rings. The molecule has 188 valence electrons. The Labute approximate surface area is 211 Å². The van der Waals surface area contributed by atoms with Crippen molar-refractivity contribution in [2.45, 2.75) is 65.3 Å². The largest absolute Gasteiger partial charge is 0.491 e. The van der Waals surface area contributed by atoms with E-state index in [4.69, 9.17) is 19.2 Å². The number of thiazole rings is 1. The molecule has 0 aliphatic carbocycles. The molecule has 0 spiro atoms. The van der Waals surface area contributed by atoms with Gasteiger partial charge in [0, 0.05) is 31.7 Å². The van der Waals surface area contributed by atoms with Crippen molar-refractivity contribution in [3.8, 4) is 11.5 Å². The maximum absolute atomic E-state index is 11.8. The zero-order chi connectivity index (χ0) is 24.9. The fourth-order valence-electron chi connectivity index (χ4n) is 4.30. The number of aromatic nitrogens is 1. The van der Waals surface area contributed by atoms with Crippen LogP contribution in [0.25, 0.3) is 10.2 Å². The third-order valence-electron chi connectivity index (χ3n) is 5.81. The number of piperidine rings is 1. The van der Waals surface area contributed by atoms with Crippen molar-refractivity contribution in [1.82, 2.24) is 9.88 Å². The summed E-state index contributed by atoms with van der Waals surface area (Å²) >= 11 is 1.62. The highest BCUT2D eigenvalue weighted by Crippen LogP contribution is 2.30. The van der Waals surface area contributed by atoms with Crippen LogP contribution in [0.3, 0.4) is 0 Å². The monoisotopic (exact) mass is 497 g/mol. The minimum atomic E-state index is -0.342. The van der Waals surface area contributed by atoms with Crippen LogP contribution in [0.5, 0.6) is 11.5 Å². The number of anilines is 1. The molecule has 1 N–H and O–H groups in total. The molecule has 0 bridgehead atoms. The number of benzene rings is 2. The van der Waals surface area contributed by atoms with Gasteiger partial charge in [-0.25, -0.2) is 9.78 Å². The van der Waals surface area contributed by atoms with Crippen molar-refractivity contribution in [2.75, 3.05) is 25.5 Å². The molecule has 1 saturated heterocycles. The highest BCUT2D eigenvalue weighted by atomic mass is 32.1.